The molecule has 0 aliphatic rings. The molecule has 0 fully saturated rings. The van der Waals surface area contributed by atoms with Crippen LogP contribution in [-0.2, 0) is 0 Å². The van der Waals surface area contributed by atoms with Crippen LogP contribution in [-0.4, -0.2) is 35.1 Å². The fourth-order valence-corrected chi connectivity index (χ4v) is 0.816. The second-order valence-electron chi connectivity index (χ2n) is 2.66. The van der Waals surface area contributed by atoms with E-state index in [1.807, 2.05) is 0 Å². The van der Waals surface area contributed by atoms with Gasteiger partial charge in [0.05, 0.1) is 16.8 Å². The standard InChI is InChI=1S/C5H5N9O2/c1-4-2-6-13(8-4)10-11-14-7-3-5(9-14)12(15)16/h2-3H,1H3/b11-10+. The van der Waals surface area contributed by atoms with Crippen LogP contribution in [0.1, 0.15) is 5.69 Å². The minimum atomic E-state index is -0.685. The van der Waals surface area contributed by atoms with Crippen molar-refractivity contribution in [2.45, 2.75) is 6.92 Å². The van der Waals surface area contributed by atoms with Gasteiger partial charge in [-0.3, -0.25) is 0 Å². The van der Waals surface area contributed by atoms with Gasteiger partial charge in [-0.05, 0) is 22.0 Å². The molecule has 16 heavy (non-hydrogen) atoms. The molecule has 0 spiro atoms. The van der Waals surface area contributed by atoms with Crippen molar-refractivity contribution in [3.8, 4) is 0 Å². The molecule has 82 valence electrons. The largest absolute Gasteiger partial charge is 0.412 e. The molecule has 0 aromatic carbocycles. The van der Waals surface area contributed by atoms with Crippen molar-refractivity contribution < 1.29 is 4.92 Å². The van der Waals surface area contributed by atoms with E-state index in [4.69, 9.17) is 0 Å². The van der Waals surface area contributed by atoms with Crippen molar-refractivity contribution in [3.63, 3.8) is 0 Å². The van der Waals surface area contributed by atoms with Gasteiger partial charge < -0.3 is 10.1 Å². The van der Waals surface area contributed by atoms with E-state index in [2.05, 4.69) is 30.8 Å². The lowest BCUT2D eigenvalue weighted by Crippen LogP contribution is -1.98. The summed E-state index contributed by atoms with van der Waals surface area (Å²) in [5, 5.41) is 31.7. The van der Waals surface area contributed by atoms with Crippen molar-refractivity contribution in [3.05, 3.63) is 28.2 Å². The van der Waals surface area contributed by atoms with Gasteiger partial charge in [0.2, 0.25) is 0 Å². The Morgan fingerprint density at radius 1 is 1.25 bits per heavy atom. The zero-order valence-electron chi connectivity index (χ0n) is 8.00. The smallest absolute Gasteiger partial charge is 0.358 e. The molecule has 0 saturated carbocycles. The molecule has 0 saturated heterocycles. The van der Waals surface area contributed by atoms with Crippen LogP contribution in [0.3, 0.4) is 0 Å². The highest BCUT2D eigenvalue weighted by molar-refractivity contribution is 5.07. The van der Waals surface area contributed by atoms with Crippen molar-refractivity contribution in [1.29, 1.82) is 0 Å². The highest BCUT2D eigenvalue weighted by atomic mass is 16.6. The molecular formula is C5H5N9O2. The van der Waals surface area contributed by atoms with E-state index in [-0.39, 0.29) is 0 Å². The van der Waals surface area contributed by atoms with Crippen molar-refractivity contribution in [2.75, 3.05) is 0 Å². The Kier molecular flexibility index (Phi) is 2.33. The number of hydrogen-bond acceptors (Lipinski definition) is 8. The molecule has 2 rings (SSSR count). The fourth-order valence-electron chi connectivity index (χ4n) is 0.816. The molecule has 11 heteroatoms. The van der Waals surface area contributed by atoms with Crippen molar-refractivity contribution in [2.24, 2.45) is 10.4 Å². The van der Waals surface area contributed by atoms with Gasteiger partial charge in [0.1, 0.15) is 5.10 Å². The van der Waals surface area contributed by atoms with Gasteiger partial charge in [0.25, 0.3) is 0 Å². The van der Waals surface area contributed by atoms with Gasteiger partial charge in [-0.2, -0.15) is 0 Å². The van der Waals surface area contributed by atoms with E-state index < -0.39 is 10.7 Å². The summed E-state index contributed by atoms with van der Waals surface area (Å²) in [5.74, 6) is -0.413. The second kappa shape index (κ2) is 3.80. The average molecular weight is 223 g/mol. The summed E-state index contributed by atoms with van der Waals surface area (Å²) >= 11 is 0. The summed E-state index contributed by atoms with van der Waals surface area (Å²) < 4.78 is 0. The SMILES string of the molecule is Cc1cnn(/N=N/n2ncc([N+](=O)[O-])n2)n1. The molecule has 0 amide bonds. The van der Waals surface area contributed by atoms with E-state index in [0.29, 0.717) is 10.6 Å². The van der Waals surface area contributed by atoms with Crippen molar-refractivity contribution in [1.82, 2.24) is 30.2 Å². The maximum Gasteiger partial charge on any atom is 0.412 e. The van der Waals surface area contributed by atoms with E-state index in [9.17, 15) is 10.1 Å². The molecule has 0 unspecified atom stereocenters. The molecule has 0 radical (unpaired) electrons. The zero-order chi connectivity index (χ0) is 11.5. The first-order valence-electron chi connectivity index (χ1n) is 4.03. The maximum atomic E-state index is 10.3. The fraction of sp³-hybridized carbons (Fsp3) is 0.200. The number of aromatic nitrogens is 6. The van der Waals surface area contributed by atoms with Gasteiger partial charge >= 0.3 is 5.82 Å². The van der Waals surface area contributed by atoms with E-state index in [0.717, 1.165) is 11.1 Å². The zero-order valence-corrected chi connectivity index (χ0v) is 8.00. The van der Waals surface area contributed by atoms with Crippen LogP contribution in [0, 0.1) is 17.0 Å². The minimum Gasteiger partial charge on any atom is -0.358 e. The van der Waals surface area contributed by atoms with E-state index in [1.54, 1.807) is 6.92 Å². The predicted octanol–water partition coefficient (Wildman–Crippen LogP) is -0.235. The molecule has 11 nitrogen and oxygen atoms in total. The summed E-state index contributed by atoms with van der Waals surface area (Å²) in [5.41, 5.74) is 0.665. The first-order valence-corrected chi connectivity index (χ1v) is 4.03. The van der Waals surface area contributed by atoms with Gasteiger partial charge in [0.15, 0.2) is 6.20 Å². The number of hydrogen-bond donors (Lipinski definition) is 0. The number of nitrogens with zero attached hydrogens (tertiary/aromatic N) is 9. The Balaban J connectivity index is 2.14. The van der Waals surface area contributed by atoms with Crippen LogP contribution in [0.5, 0.6) is 0 Å². The van der Waals surface area contributed by atoms with Gasteiger partial charge in [-0.25, -0.2) is 0 Å². The summed E-state index contributed by atoms with van der Waals surface area (Å²) in [6, 6.07) is 0. The summed E-state index contributed by atoms with van der Waals surface area (Å²) in [6.07, 6.45) is 2.44. The van der Waals surface area contributed by atoms with Crippen molar-refractivity contribution >= 4 is 5.82 Å². The topological polar surface area (TPSA) is 129 Å². The Bertz CT molecular complexity index is 540. The Morgan fingerprint density at radius 2 is 1.88 bits per heavy atom. The Labute approximate surface area is 87.5 Å². The molecular weight excluding hydrogens is 218 g/mol. The first kappa shape index (κ1) is 9.82. The van der Waals surface area contributed by atoms with Crippen LogP contribution in [0.25, 0.3) is 0 Å². The molecule has 0 aliphatic carbocycles. The molecule has 0 aliphatic heterocycles. The highest BCUT2D eigenvalue weighted by Gasteiger charge is 2.11. The summed E-state index contributed by atoms with van der Waals surface area (Å²) in [4.78, 5) is 11.2. The summed E-state index contributed by atoms with van der Waals surface area (Å²) in [6.45, 7) is 1.73. The molecule has 2 heterocycles. The Morgan fingerprint density at radius 3 is 2.38 bits per heavy atom. The van der Waals surface area contributed by atoms with Crippen LogP contribution < -0.4 is 0 Å². The first-order chi connectivity index (χ1) is 7.65. The Hall–Kier alpha value is -2.72. The normalized spacial score (nSPS) is 11.1. The van der Waals surface area contributed by atoms with E-state index in [1.165, 1.54) is 6.20 Å². The second-order valence-corrected chi connectivity index (χ2v) is 2.66. The predicted molar refractivity (Wildman–Crippen MR) is 47.1 cm³/mol. The van der Waals surface area contributed by atoms with Crippen LogP contribution in [0.4, 0.5) is 5.82 Å². The van der Waals surface area contributed by atoms with Gasteiger partial charge in [0, 0.05) is 5.22 Å². The highest BCUT2D eigenvalue weighted by Crippen LogP contribution is 2.01. The average Bonchev–Trinajstić information content (AvgIpc) is 2.83. The third-order valence-corrected chi connectivity index (χ3v) is 1.45. The lowest BCUT2D eigenvalue weighted by atomic mass is 10.6. The molecule has 0 bridgehead atoms. The minimum absolute atomic E-state index is 0.413. The molecule has 2 aromatic heterocycles. The lowest BCUT2D eigenvalue weighted by Gasteiger charge is -1.83. The lowest BCUT2D eigenvalue weighted by molar-refractivity contribution is -0.389. The number of nitro groups is 1. The molecule has 2 aromatic rings. The number of aryl methyl sites for hydroxylation is 1. The third-order valence-electron chi connectivity index (χ3n) is 1.45. The molecule has 0 N–H and O–H groups in total. The van der Waals surface area contributed by atoms with E-state index >= 15 is 0 Å². The van der Waals surface area contributed by atoms with Crippen LogP contribution in [0.15, 0.2) is 22.8 Å². The van der Waals surface area contributed by atoms with Crippen LogP contribution >= 0.6 is 0 Å². The quantitative estimate of drug-likeness (QED) is 0.401. The molecule has 0 atom stereocenters. The number of rotatable bonds is 3. The third kappa shape index (κ3) is 2.02. The van der Waals surface area contributed by atoms with Gasteiger partial charge in [-0.1, -0.05) is 0 Å². The maximum absolute atomic E-state index is 10.3. The van der Waals surface area contributed by atoms with Crippen LogP contribution in [0.2, 0.25) is 0 Å². The summed E-state index contributed by atoms with van der Waals surface area (Å²) in [7, 11) is 0. The van der Waals surface area contributed by atoms with Gasteiger partial charge in [-0.15, -0.1) is 15.3 Å². The monoisotopic (exact) mass is 223 g/mol.